The first kappa shape index (κ1) is 12.2. The van der Waals surface area contributed by atoms with Crippen LogP contribution >= 0.6 is 11.6 Å². The maximum atomic E-state index is 12.0. The fraction of sp³-hybridized carbons (Fsp3) is 0.417. The van der Waals surface area contributed by atoms with Crippen molar-refractivity contribution in [3.8, 4) is 0 Å². The highest BCUT2D eigenvalue weighted by atomic mass is 35.5. The number of ketones is 1. The van der Waals surface area contributed by atoms with Gasteiger partial charge in [-0.15, -0.1) is 0 Å². The van der Waals surface area contributed by atoms with Crippen molar-refractivity contribution in [2.24, 2.45) is 0 Å². The van der Waals surface area contributed by atoms with Crippen molar-refractivity contribution in [1.82, 2.24) is 0 Å². The summed E-state index contributed by atoms with van der Waals surface area (Å²) in [5, 5.41) is 0.487. The third kappa shape index (κ3) is 3.05. The first-order chi connectivity index (χ1) is 7.20. The molecule has 1 aromatic rings. The van der Waals surface area contributed by atoms with Gasteiger partial charge in [-0.1, -0.05) is 30.7 Å². The molecule has 0 N–H and O–H groups in total. The predicted molar refractivity (Wildman–Crippen MR) is 61.5 cm³/mol. The molecule has 0 aliphatic carbocycles. The van der Waals surface area contributed by atoms with Crippen molar-refractivity contribution < 1.29 is 9.53 Å². The molecule has 0 aliphatic heterocycles. The van der Waals surface area contributed by atoms with Gasteiger partial charge in [-0.2, -0.15) is 0 Å². The lowest BCUT2D eigenvalue weighted by Crippen LogP contribution is -2.23. The Morgan fingerprint density at radius 3 is 2.60 bits per heavy atom. The van der Waals surface area contributed by atoms with Crippen LogP contribution in [0.25, 0.3) is 0 Å². The Labute approximate surface area is 95.2 Å². The van der Waals surface area contributed by atoms with Gasteiger partial charge in [0.25, 0.3) is 0 Å². The molecule has 1 atom stereocenters. The number of halogens is 1. The van der Waals surface area contributed by atoms with Gasteiger partial charge in [-0.3, -0.25) is 4.79 Å². The minimum atomic E-state index is -0.380. The summed E-state index contributed by atoms with van der Waals surface area (Å²) < 4.78 is 5.35. The average molecular weight is 227 g/mol. The number of hydrogen-bond acceptors (Lipinski definition) is 2. The predicted octanol–water partition coefficient (Wildman–Crippen LogP) is 3.34. The van der Waals surface area contributed by atoms with Crippen LogP contribution in [0.4, 0.5) is 0 Å². The number of rotatable bonds is 5. The van der Waals surface area contributed by atoms with Gasteiger partial charge in [0, 0.05) is 12.2 Å². The lowest BCUT2D eigenvalue weighted by Gasteiger charge is -2.14. The molecule has 0 spiro atoms. The first-order valence-corrected chi connectivity index (χ1v) is 5.48. The van der Waals surface area contributed by atoms with Crippen molar-refractivity contribution in [2.45, 2.75) is 26.4 Å². The third-order valence-electron chi connectivity index (χ3n) is 2.17. The van der Waals surface area contributed by atoms with Crippen LogP contribution < -0.4 is 0 Å². The SMILES string of the molecule is CCOC(CC)C(=O)c1ccccc1Cl. The third-order valence-corrected chi connectivity index (χ3v) is 2.50. The second-order valence-corrected chi connectivity index (χ2v) is 3.60. The van der Waals surface area contributed by atoms with Crippen LogP contribution in [0, 0.1) is 0 Å². The molecule has 1 unspecified atom stereocenters. The van der Waals surface area contributed by atoms with E-state index in [9.17, 15) is 4.79 Å². The average Bonchev–Trinajstić information content (AvgIpc) is 2.25. The molecule has 0 saturated carbocycles. The molecule has 1 aromatic carbocycles. The van der Waals surface area contributed by atoms with Gasteiger partial charge in [0.05, 0.1) is 5.02 Å². The van der Waals surface area contributed by atoms with Crippen LogP contribution in [0.15, 0.2) is 24.3 Å². The summed E-state index contributed by atoms with van der Waals surface area (Å²) in [5.74, 6) is -0.0371. The maximum Gasteiger partial charge on any atom is 0.193 e. The van der Waals surface area contributed by atoms with Crippen LogP contribution in [0.2, 0.25) is 5.02 Å². The quantitative estimate of drug-likeness (QED) is 0.720. The van der Waals surface area contributed by atoms with Crippen LogP contribution in [0.3, 0.4) is 0 Å². The fourth-order valence-corrected chi connectivity index (χ4v) is 1.64. The molecule has 0 heterocycles. The first-order valence-electron chi connectivity index (χ1n) is 5.11. The van der Waals surface area contributed by atoms with Crippen LogP contribution in [-0.4, -0.2) is 18.5 Å². The van der Waals surface area contributed by atoms with Gasteiger partial charge in [-0.05, 0) is 25.5 Å². The van der Waals surface area contributed by atoms with Crippen LogP contribution in [0.1, 0.15) is 30.6 Å². The largest absolute Gasteiger partial charge is 0.370 e. The second-order valence-electron chi connectivity index (χ2n) is 3.20. The molecule has 0 saturated heterocycles. The summed E-state index contributed by atoms with van der Waals surface area (Å²) in [5.41, 5.74) is 0.541. The van der Waals surface area contributed by atoms with Gasteiger partial charge in [0.15, 0.2) is 5.78 Å². The van der Waals surface area contributed by atoms with Gasteiger partial charge >= 0.3 is 0 Å². The zero-order chi connectivity index (χ0) is 11.3. The molecule has 0 fully saturated rings. The molecule has 0 radical (unpaired) electrons. The van der Waals surface area contributed by atoms with Crippen LogP contribution in [0.5, 0.6) is 0 Å². The van der Waals surface area contributed by atoms with Gasteiger partial charge in [0.1, 0.15) is 6.10 Å². The van der Waals surface area contributed by atoms with Crippen LogP contribution in [-0.2, 0) is 4.74 Å². The van der Waals surface area contributed by atoms with E-state index < -0.39 is 0 Å². The Morgan fingerprint density at radius 2 is 2.07 bits per heavy atom. The molecule has 2 nitrogen and oxygen atoms in total. The molecule has 82 valence electrons. The normalized spacial score (nSPS) is 12.5. The van der Waals surface area contributed by atoms with E-state index in [1.54, 1.807) is 24.3 Å². The fourth-order valence-electron chi connectivity index (χ4n) is 1.41. The van der Waals surface area contributed by atoms with Gasteiger partial charge < -0.3 is 4.74 Å². The highest BCUT2D eigenvalue weighted by molar-refractivity contribution is 6.34. The summed E-state index contributed by atoms with van der Waals surface area (Å²) in [6, 6.07) is 7.05. The topological polar surface area (TPSA) is 26.3 Å². The number of Topliss-reactive ketones (excluding diaryl/α,β-unsaturated/α-hetero) is 1. The molecule has 0 bridgehead atoms. The van der Waals surface area contributed by atoms with Crippen molar-refractivity contribution in [2.75, 3.05) is 6.61 Å². The zero-order valence-electron chi connectivity index (χ0n) is 9.00. The molecule has 0 amide bonds. The van der Waals surface area contributed by atoms with E-state index in [-0.39, 0.29) is 11.9 Å². The maximum absolute atomic E-state index is 12.0. The van der Waals surface area contributed by atoms with E-state index in [1.165, 1.54) is 0 Å². The van der Waals surface area contributed by atoms with E-state index in [2.05, 4.69) is 0 Å². The monoisotopic (exact) mass is 226 g/mol. The second kappa shape index (κ2) is 5.89. The van der Waals surface area contributed by atoms with Crippen molar-refractivity contribution in [3.63, 3.8) is 0 Å². The minimum absolute atomic E-state index is 0.0371. The zero-order valence-corrected chi connectivity index (χ0v) is 9.75. The van der Waals surface area contributed by atoms with Gasteiger partial charge in [0.2, 0.25) is 0 Å². The number of carbonyl (C=O) groups is 1. The lowest BCUT2D eigenvalue weighted by atomic mass is 10.0. The summed E-state index contributed by atoms with van der Waals surface area (Å²) in [4.78, 5) is 12.0. The van der Waals surface area contributed by atoms with Gasteiger partial charge in [-0.25, -0.2) is 0 Å². The summed E-state index contributed by atoms with van der Waals surface area (Å²) in [7, 11) is 0. The molecular formula is C12H15ClO2. The number of ether oxygens (including phenoxy) is 1. The smallest absolute Gasteiger partial charge is 0.193 e. The van der Waals surface area contributed by atoms with Crippen molar-refractivity contribution in [1.29, 1.82) is 0 Å². The molecule has 3 heteroatoms. The van der Waals surface area contributed by atoms with E-state index in [1.807, 2.05) is 13.8 Å². The Bertz CT molecular complexity index is 336. The van der Waals surface area contributed by atoms with Crippen molar-refractivity contribution in [3.05, 3.63) is 34.9 Å². The molecule has 1 rings (SSSR count). The summed E-state index contributed by atoms with van der Waals surface area (Å²) >= 11 is 5.94. The van der Waals surface area contributed by atoms with E-state index in [4.69, 9.17) is 16.3 Å². The Hall–Kier alpha value is -0.860. The number of hydrogen-bond donors (Lipinski definition) is 0. The standard InChI is InChI=1S/C12H15ClO2/c1-3-11(15-4-2)12(14)9-7-5-6-8-10(9)13/h5-8,11H,3-4H2,1-2H3. The van der Waals surface area contributed by atoms with E-state index in [0.29, 0.717) is 23.6 Å². The molecule has 15 heavy (non-hydrogen) atoms. The Balaban J connectivity index is 2.88. The minimum Gasteiger partial charge on any atom is -0.370 e. The highest BCUT2D eigenvalue weighted by Gasteiger charge is 2.20. The molecular weight excluding hydrogens is 212 g/mol. The number of benzene rings is 1. The van der Waals surface area contributed by atoms with Crippen molar-refractivity contribution >= 4 is 17.4 Å². The van der Waals surface area contributed by atoms with E-state index >= 15 is 0 Å². The summed E-state index contributed by atoms with van der Waals surface area (Å²) in [6.45, 7) is 4.34. The number of carbonyl (C=O) groups excluding carboxylic acids is 1. The van der Waals surface area contributed by atoms with E-state index in [0.717, 1.165) is 0 Å². The Morgan fingerprint density at radius 1 is 1.40 bits per heavy atom. The lowest BCUT2D eigenvalue weighted by molar-refractivity contribution is 0.0444. The molecule has 0 aromatic heterocycles. The summed E-state index contributed by atoms with van der Waals surface area (Å²) in [6.07, 6.45) is 0.285. The highest BCUT2D eigenvalue weighted by Crippen LogP contribution is 2.18. The Kier molecular flexibility index (Phi) is 4.79. The molecule has 0 aliphatic rings.